The van der Waals surface area contributed by atoms with Crippen molar-refractivity contribution in [2.45, 2.75) is 13.5 Å². The molecule has 0 aromatic carbocycles. The molecule has 0 saturated carbocycles. The fraction of sp³-hybridized carbons (Fsp3) is 0.500. The summed E-state index contributed by atoms with van der Waals surface area (Å²) >= 11 is 7.04. The Labute approximate surface area is 108 Å². The normalized spacial score (nSPS) is 16.8. The molecule has 0 unspecified atom stereocenters. The van der Waals surface area contributed by atoms with E-state index < -0.39 is 11.8 Å². The van der Waals surface area contributed by atoms with Crippen LogP contribution in [0.5, 0.6) is 0 Å². The average molecular weight is 274 g/mol. The molecule has 5 nitrogen and oxygen atoms in total. The van der Waals surface area contributed by atoms with Crippen molar-refractivity contribution < 1.29 is 9.59 Å². The second-order valence-corrected chi connectivity index (χ2v) is 5.39. The van der Waals surface area contributed by atoms with Gasteiger partial charge in [0.1, 0.15) is 0 Å². The van der Waals surface area contributed by atoms with Crippen molar-refractivity contribution in [2.75, 3.05) is 19.6 Å². The van der Waals surface area contributed by atoms with E-state index in [2.05, 4.69) is 4.98 Å². The minimum atomic E-state index is -0.442. The van der Waals surface area contributed by atoms with E-state index >= 15 is 0 Å². The zero-order valence-corrected chi connectivity index (χ0v) is 10.9. The summed E-state index contributed by atoms with van der Waals surface area (Å²) in [5.41, 5.74) is 0. The number of likely N-dealkylation sites (N-methyl/N-ethyl adjacent to an activating group) is 1. The number of rotatable bonds is 3. The lowest BCUT2D eigenvalue weighted by Gasteiger charge is -2.32. The second-order valence-electron chi connectivity index (χ2n) is 3.69. The van der Waals surface area contributed by atoms with Crippen LogP contribution in [-0.4, -0.2) is 46.2 Å². The highest BCUT2D eigenvalue weighted by molar-refractivity contribution is 7.15. The summed E-state index contributed by atoms with van der Waals surface area (Å²) in [7, 11) is 0. The maximum atomic E-state index is 11.8. The van der Waals surface area contributed by atoms with E-state index in [9.17, 15) is 9.59 Å². The third-order valence-electron chi connectivity index (χ3n) is 2.65. The topological polar surface area (TPSA) is 53.5 Å². The van der Waals surface area contributed by atoms with Gasteiger partial charge >= 0.3 is 11.8 Å². The van der Waals surface area contributed by atoms with Crippen molar-refractivity contribution in [2.24, 2.45) is 0 Å². The van der Waals surface area contributed by atoms with E-state index in [4.69, 9.17) is 11.6 Å². The van der Waals surface area contributed by atoms with E-state index in [1.54, 1.807) is 16.0 Å². The first-order chi connectivity index (χ1) is 8.11. The minimum Gasteiger partial charge on any atom is -0.333 e. The maximum absolute atomic E-state index is 11.8. The van der Waals surface area contributed by atoms with Gasteiger partial charge in [-0.15, -0.1) is 11.3 Å². The molecular formula is C10H12ClN3O2S. The monoisotopic (exact) mass is 273 g/mol. The number of nitrogens with zero attached hydrogens (tertiary/aromatic N) is 3. The summed E-state index contributed by atoms with van der Waals surface area (Å²) in [6, 6.07) is 0. The van der Waals surface area contributed by atoms with E-state index in [1.165, 1.54) is 11.3 Å². The predicted molar refractivity (Wildman–Crippen MR) is 64.8 cm³/mol. The van der Waals surface area contributed by atoms with Gasteiger partial charge in [-0.25, -0.2) is 4.98 Å². The lowest BCUT2D eigenvalue weighted by molar-refractivity contribution is -0.156. The number of carbonyl (C=O) groups excluding carboxylic acids is 2. The van der Waals surface area contributed by atoms with Crippen LogP contribution in [0.1, 0.15) is 11.8 Å². The zero-order chi connectivity index (χ0) is 12.4. The second kappa shape index (κ2) is 5.01. The van der Waals surface area contributed by atoms with Gasteiger partial charge in [-0.2, -0.15) is 0 Å². The molecule has 1 aromatic rings. The summed E-state index contributed by atoms with van der Waals surface area (Å²) in [4.78, 5) is 31.3. The van der Waals surface area contributed by atoms with E-state index in [0.29, 0.717) is 30.6 Å². The Balaban J connectivity index is 2.04. The van der Waals surface area contributed by atoms with E-state index in [1.807, 2.05) is 6.92 Å². The largest absolute Gasteiger partial charge is 0.333 e. The number of carbonyl (C=O) groups is 2. The Morgan fingerprint density at radius 2 is 2.00 bits per heavy atom. The van der Waals surface area contributed by atoms with Crippen LogP contribution in [0.4, 0.5) is 0 Å². The molecule has 0 bridgehead atoms. The average Bonchev–Trinajstić information content (AvgIpc) is 2.71. The number of piperazine rings is 1. The summed E-state index contributed by atoms with van der Waals surface area (Å²) in [5, 5.41) is 0. The molecule has 0 aliphatic carbocycles. The standard InChI is InChI=1S/C10H12ClN3O2S/c1-2-13-3-4-14(9(16)8(13)15)6-7-5-12-10(11)17-7/h5H,2-4,6H2,1H3. The van der Waals surface area contributed by atoms with Crippen LogP contribution in [0.15, 0.2) is 6.20 Å². The smallest absolute Gasteiger partial charge is 0.312 e. The Morgan fingerprint density at radius 3 is 2.59 bits per heavy atom. The number of amides is 2. The SMILES string of the molecule is CCN1CCN(Cc2cnc(Cl)s2)C(=O)C1=O. The van der Waals surface area contributed by atoms with Crippen molar-refractivity contribution in [3.05, 3.63) is 15.5 Å². The van der Waals surface area contributed by atoms with Crippen molar-refractivity contribution in [3.8, 4) is 0 Å². The number of hydrogen-bond donors (Lipinski definition) is 0. The molecule has 0 radical (unpaired) electrons. The molecule has 1 aromatic heterocycles. The number of halogens is 1. The molecule has 2 amide bonds. The molecule has 1 aliphatic heterocycles. The quantitative estimate of drug-likeness (QED) is 0.772. The molecule has 1 aliphatic rings. The van der Waals surface area contributed by atoms with Gasteiger partial charge in [0, 0.05) is 30.7 Å². The Morgan fingerprint density at radius 1 is 1.35 bits per heavy atom. The van der Waals surface area contributed by atoms with Crippen LogP contribution in [0.2, 0.25) is 4.47 Å². The highest BCUT2D eigenvalue weighted by Gasteiger charge is 2.31. The summed E-state index contributed by atoms with van der Waals surface area (Å²) in [6.45, 7) is 4.00. The first-order valence-corrected chi connectivity index (χ1v) is 6.49. The molecular weight excluding hydrogens is 262 g/mol. The zero-order valence-electron chi connectivity index (χ0n) is 9.35. The van der Waals surface area contributed by atoms with Gasteiger partial charge in [-0.05, 0) is 6.92 Å². The van der Waals surface area contributed by atoms with Crippen molar-refractivity contribution >= 4 is 34.8 Å². The first kappa shape index (κ1) is 12.3. The highest BCUT2D eigenvalue weighted by atomic mass is 35.5. The molecule has 17 heavy (non-hydrogen) atoms. The number of aromatic nitrogens is 1. The summed E-state index contributed by atoms with van der Waals surface area (Å²) in [6.07, 6.45) is 1.64. The van der Waals surface area contributed by atoms with E-state index in [-0.39, 0.29) is 0 Å². The van der Waals surface area contributed by atoms with E-state index in [0.717, 1.165) is 4.88 Å². The van der Waals surface area contributed by atoms with Crippen LogP contribution in [0.25, 0.3) is 0 Å². The van der Waals surface area contributed by atoms with Crippen molar-refractivity contribution in [1.82, 2.24) is 14.8 Å². The third-order valence-corrected chi connectivity index (χ3v) is 3.75. The van der Waals surface area contributed by atoms with Gasteiger partial charge in [-0.3, -0.25) is 9.59 Å². The molecule has 0 atom stereocenters. The van der Waals surface area contributed by atoms with Gasteiger partial charge < -0.3 is 9.80 Å². The summed E-state index contributed by atoms with van der Waals surface area (Å²) < 4.78 is 0.450. The van der Waals surface area contributed by atoms with Gasteiger partial charge in [0.25, 0.3) is 0 Å². The molecule has 0 N–H and O–H groups in total. The number of hydrogen-bond acceptors (Lipinski definition) is 4. The lowest BCUT2D eigenvalue weighted by atomic mass is 10.3. The Bertz CT molecular complexity index is 449. The van der Waals surface area contributed by atoms with Gasteiger partial charge in [0.15, 0.2) is 4.47 Å². The Kier molecular flexibility index (Phi) is 3.63. The predicted octanol–water partition coefficient (Wildman–Crippen LogP) is 0.987. The minimum absolute atomic E-state index is 0.409. The van der Waals surface area contributed by atoms with Crippen LogP contribution in [0.3, 0.4) is 0 Å². The molecule has 2 heterocycles. The molecule has 92 valence electrons. The molecule has 2 rings (SSSR count). The van der Waals surface area contributed by atoms with Crippen molar-refractivity contribution in [1.29, 1.82) is 0 Å². The van der Waals surface area contributed by atoms with Crippen LogP contribution in [-0.2, 0) is 16.1 Å². The van der Waals surface area contributed by atoms with Crippen LogP contribution < -0.4 is 0 Å². The molecule has 0 spiro atoms. The highest BCUT2D eigenvalue weighted by Crippen LogP contribution is 2.20. The van der Waals surface area contributed by atoms with Crippen LogP contribution >= 0.6 is 22.9 Å². The van der Waals surface area contributed by atoms with Crippen LogP contribution in [0, 0.1) is 0 Å². The van der Waals surface area contributed by atoms with Gasteiger partial charge in [0.05, 0.1) is 6.54 Å². The van der Waals surface area contributed by atoms with Gasteiger partial charge in [-0.1, -0.05) is 11.6 Å². The molecule has 1 saturated heterocycles. The van der Waals surface area contributed by atoms with Gasteiger partial charge in [0.2, 0.25) is 0 Å². The fourth-order valence-corrected chi connectivity index (χ4v) is 2.71. The van der Waals surface area contributed by atoms with Crippen molar-refractivity contribution in [3.63, 3.8) is 0 Å². The molecule has 7 heteroatoms. The maximum Gasteiger partial charge on any atom is 0.312 e. The first-order valence-electron chi connectivity index (χ1n) is 5.30. The summed E-state index contributed by atoms with van der Waals surface area (Å²) in [5.74, 6) is -0.864. The Hall–Kier alpha value is -1.14. The molecule has 1 fully saturated rings. The number of thiazole rings is 1. The lowest BCUT2D eigenvalue weighted by Crippen LogP contribution is -2.53. The third kappa shape index (κ3) is 2.58. The fourth-order valence-electron chi connectivity index (χ4n) is 1.71.